The van der Waals surface area contributed by atoms with E-state index in [-0.39, 0.29) is 41.6 Å². The number of carbonyl (C=O) groups excluding carboxylic acids is 4. The lowest BCUT2D eigenvalue weighted by molar-refractivity contribution is -0.169. The molecule has 0 radical (unpaired) electrons. The first-order valence-corrected chi connectivity index (χ1v) is 15.2. The molecular formula is C32H49NO10. The van der Waals surface area contributed by atoms with Gasteiger partial charge < -0.3 is 34.2 Å². The second kappa shape index (κ2) is 17.1. The predicted molar refractivity (Wildman–Crippen MR) is 159 cm³/mol. The molecule has 0 aliphatic heterocycles. The Labute approximate surface area is 255 Å². The third-order valence-electron chi connectivity index (χ3n) is 7.80. The fraction of sp³-hybridized carbons (Fsp3) is 0.688. The molecule has 0 amide bonds. The highest BCUT2D eigenvalue weighted by Crippen LogP contribution is 2.31. The number of rotatable bonds is 13. The molecule has 2 rings (SSSR count). The summed E-state index contributed by atoms with van der Waals surface area (Å²) in [6, 6.07) is 3.35. The maximum atomic E-state index is 12.8. The Morgan fingerprint density at radius 3 is 1.74 bits per heavy atom. The Hall–Kier alpha value is -3.34. The maximum Gasteiger partial charge on any atom is 0.514 e. The monoisotopic (exact) mass is 607 g/mol. The molecule has 0 heterocycles. The minimum Gasteiger partial charge on any atom is -0.459 e. The van der Waals surface area contributed by atoms with Gasteiger partial charge in [-0.2, -0.15) is 0 Å². The molecule has 2 N–H and O–H groups in total. The second-order valence-corrected chi connectivity index (χ2v) is 12.0. The zero-order chi connectivity index (χ0) is 32.3. The summed E-state index contributed by atoms with van der Waals surface area (Å²) in [5.74, 6) is -1.13. The van der Waals surface area contributed by atoms with E-state index < -0.39 is 48.7 Å². The minimum atomic E-state index is -1.08. The summed E-state index contributed by atoms with van der Waals surface area (Å²) in [7, 11) is 0. The molecule has 1 aromatic rings. The summed E-state index contributed by atoms with van der Waals surface area (Å²) in [5, 5.41) is 0. The van der Waals surface area contributed by atoms with Crippen LogP contribution in [0.15, 0.2) is 18.2 Å². The summed E-state index contributed by atoms with van der Waals surface area (Å²) in [5.41, 5.74) is 6.65. The van der Waals surface area contributed by atoms with Gasteiger partial charge in [-0.05, 0) is 76.5 Å². The van der Waals surface area contributed by atoms with E-state index in [9.17, 15) is 19.2 Å². The highest BCUT2D eigenvalue weighted by Gasteiger charge is 2.29. The number of esters is 2. The largest absolute Gasteiger partial charge is 0.514 e. The maximum absolute atomic E-state index is 12.8. The summed E-state index contributed by atoms with van der Waals surface area (Å²) in [6.45, 7) is 14.4. The fourth-order valence-corrected chi connectivity index (χ4v) is 4.06. The van der Waals surface area contributed by atoms with Crippen LogP contribution in [0.5, 0.6) is 11.5 Å². The van der Waals surface area contributed by atoms with Crippen LogP contribution >= 0.6 is 0 Å². The van der Waals surface area contributed by atoms with E-state index in [0.717, 1.165) is 32.1 Å². The summed E-state index contributed by atoms with van der Waals surface area (Å²) in [4.78, 5) is 50.1. The van der Waals surface area contributed by atoms with E-state index in [1.807, 2.05) is 27.7 Å². The van der Waals surface area contributed by atoms with E-state index in [1.165, 1.54) is 12.1 Å². The van der Waals surface area contributed by atoms with Crippen molar-refractivity contribution in [3.63, 3.8) is 0 Å². The van der Waals surface area contributed by atoms with Crippen LogP contribution in [0.2, 0.25) is 0 Å². The minimum absolute atomic E-state index is 0.0186. The Balaban J connectivity index is 2.08. The Bertz CT molecular complexity index is 1080. The first kappa shape index (κ1) is 35.9. The molecule has 11 nitrogen and oxygen atoms in total. The van der Waals surface area contributed by atoms with Crippen molar-refractivity contribution in [1.82, 2.24) is 0 Å². The molecule has 242 valence electrons. The lowest BCUT2D eigenvalue weighted by Crippen LogP contribution is -2.40. The lowest BCUT2D eigenvalue weighted by Gasteiger charge is -2.26. The van der Waals surface area contributed by atoms with Gasteiger partial charge in [0.2, 0.25) is 0 Å². The molecule has 0 saturated heterocycles. The highest BCUT2D eigenvalue weighted by atomic mass is 16.8. The van der Waals surface area contributed by atoms with Crippen LogP contribution in [-0.2, 0) is 35.0 Å². The van der Waals surface area contributed by atoms with Crippen molar-refractivity contribution >= 4 is 24.2 Å². The molecule has 1 aromatic carbocycles. The van der Waals surface area contributed by atoms with E-state index in [1.54, 1.807) is 33.8 Å². The molecule has 0 spiro atoms. The summed E-state index contributed by atoms with van der Waals surface area (Å²) < 4.78 is 32.3. The van der Waals surface area contributed by atoms with Gasteiger partial charge in [-0.15, -0.1) is 0 Å². The van der Waals surface area contributed by atoms with Gasteiger partial charge in [0.25, 0.3) is 0 Å². The Morgan fingerprint density at radius 1 is 0.698 bits per heavy atom. The highest BCUT2D eigenvalue weighted by molar-refractivity contribution is 5.76. The van der Waals surface area contributed by atoms with Crippen molar-refractivity contribution in [3.8, 4) is 11.5 Å². The van der Waals surface area contributed by atoms with Crippen LogP contribution in [0.4, 0.5) is 9.59 Å². The van der Waals surface area contributed by atoms with Crippen LogP contribution < -0.4 is 15.2 Å². The van der Waals surface area contributed by atoms with Crippen LogP contribution in [0, 0.1) is 17.8 Å². The van der Waals surface area contributed by atoms with Gasteiger partial charge in [-0.1, -0.05) is 53.0 Å². The van der Waals surface area contributed by atoms with Gasteiger partial charge in [-0.3, -0.25) is 9.59 Å². The fourth-order valence-electron chi connectivity index (χ4n) is 4.06. The molecule has 43 heavy (non-hydrogen) atoms. The molecule has 0 bridgehead atoms. The zero-order valence-electron chi connectivity index (χ0n) is 26.8. The van der Waals surface area contributed by atoms with E-state index in [0.29, 0.717) is 5.56 Å². The lowest BCUT2D eigenvalue weighted by atomic mass is 9.89. The number of benzene rings is 1. The topological polar surface area (TPSA) is 150 Å². The van der Waals surface area contributed by atoms with Gasteiger partial charge >= 0.3 is 24.2 Å². The van der Waals surface area contributed by atoms with Crippen molar-refractivity contribution in [3.05, 3.63) is 23.8 Å². The Morgan fingerprint density at radius 2 is 1.21 bits per heavy atom. The van der Waals surface area contributed by atoms with Crippen LogP contribution in [-0.4, -0.2) is 54.7 Å². The number of ether oxygens (including phenoxy) is 6. The quantitative estimate of drug-likeness (QED) is 0.157. The standard InChI is InChI=1S/C32H49NO10/c1-18(2)20(5)40-31(36)42-27-15-14-24(17-28(27)43-32(37)41-21(6)19(3)4)16-26(33)30(35)39-23(8)22(7)38-29(34)25-12-10-9-11-13-25/h14-15,17-23,25-26H,9-13,16,33H2,1-8H3/t20-,21?,22?,23?,26-/m0/s1. The normalized spacial score (nSPS) is 17.3. The molecule has 3 unspecified atom stereocenters. The third kappa shape index (κ3) is 12.1. The van der Waals surface area contributed by atoms with Gasteiger partial charge in [0.1, 0.15) is 30.5 Å². The average Bonchev–Trinajstić information content (AvgIpc) is 2.94. The molecule has 5 atom stereocenters. The van der Waals surface area contributed by atoms with Crippen molar-refractivity contribution in [2.45, 2.75) is 124 Å². The molecule has 11 heteroatoms. The summed E-state index contributed by atoms with van der Waals surface area (Å²) in [6.07, 6.45) is 0.656. The smallest absolute Gasteiger partial charge is 0.459 e. The van der Waals surface area contributed by atoms with Gasteiger partial charge in [0, 0.05) is 0 Å². The number of nitrogens with two attached hydrogens (primary N) is 1. The molecule has 1 aliphatic rings. The van der Waals surface area contributed by atoms with E-state index in [2.05, 4.69) is 0 Å². The number of carbonyl (C=O) groups is 4. The van der Waals surface area contributed by atoms with Crippen molar-refractivity contribution in [1.29, 1.82) is 0 Å². The van der Waals surface area contributed by atoms with E-state index >= 15 is 0 Å². The van der Waals surface area contributed by atoms with E-state index in [4.69, 9.17) is 34.2 Å². The predicted octanol–water partition coefficient (Wildman–Crippen LogP) is 6.12. The zero-order valence-corrected chi connectivity index (χ0v) is 26.8. The van der Waals surface area contributed by atoms with Crippen molar-refractivity contribution in [2.75, 3.05) is 0 Å². The molecule has 1 aliphatic carbocycles. The van der Waals surface area contributed by atoms with Gasteiger partial charge in [0.05, 0.1) is 5.92 Å². The first-order valence-electron chi connectivity index (χ1n) is 15.2. The SMILES string of the molecule is CC(C)C(C)OC(=O)Oc1cc(C[C@H](N)C(=O)OC(C)C(C)OC(=O)C2CCCCC2)ccc1OC(=O)O[C@@H](C)C(C)C. The number of hydrogen-bond acceptors (Lipinski definition) is 11. The van der Waals surface area contributed by atoms with Crippen LogP contribution in [0.1, 0.15) is 93.1 Å². The first-order chi connectivity index (χ1) is 20.2. The average molecular weight is 608 g/mol. The van der Waals surface area contributed by atoms with Crippen LogP contribution in [0.3, 0.4) is 0 Å². The van der Waals surface area contributed by atoms with Crippen molar-refractivity contribution in [2.24, 2.45) is 23.5 Å². The third-order valence-corrected chi connectivity index (χ3v) is 7.80. The molecular weight excluding hydrogens is 558 g/mol. The Kier molecular flexibility index (Phi) is 14.2. The summed E-state index contributed by atoms with van der Waals surface area (Å²) >= 11 is 0. The van der Waals surface area contributed by atoms with Crippen LogP contribution in [0.25, 0.3) is 0 Å². The second-order valence-electron chi connectivity index (χ2n) is 12.0. The molecule has 0 aromatic heterocycles. The number of hydrogen-bond donors (Lipinski definition) is 1. The molecule has 1 fully saturated rings. The van der Waals surface area contributed by atoms with Crippen molar-refractivity contribution < 1.29 is 47.6 Å². The van der Waals surface area contributed by atoms with Gasteiger partial charge in [0.15, 0.2) is 11.5 Å². The molecule has 1 saturated carbocycles. The van der Waals surface area contributed by atoms with Gasteiger partial charge in [-0.25, -0.2) is 9.59 Å².